The molecule has 9 heteroatoms. The van der Waals surface area contributed by atoms with Crippen molar-refractivity contribution in [2.45, 2.75) is 89.4 Å². The van der Waals surface area contributed by atoms with E-state index in [9.17, 15) is 19.8 Å². The van der Waals surface area contributed by atoms with Gasteiger partial charge in [0.2, 0.25) is 0 Å². The maximum atomic E-state index is 12.5. The molecule has 1 aromatic carbocycles. The van der Waals surface area contributed by atoms with E-state index in [1.807, 2.05) is 13.0 Å². The van der Waals surface area contributed by atoms with Crippen molar-refractivity contribution in [3.05, 3.63) is 28.8 Å². The van der Waals surface area contributed by atoms with Crippen molar-refractivity contribution >= 4 is 17.6 Å². The van der Waals surface area contributed by atoms with Crippen molar-refractivity contribution in [2.24, 2.45) is 5.41 Å². The number of benzene rings is 1. The van der Waals surface area contributed by atoms with Gasteiger partial charge in [0, 0.05) is 30.7 Å². The van der Waals surface area contributed by atoms with Gasteiger partial charge in [-0.1, -0.05) is 13.0 Å². The second kappa shape index (κ2) is 8.16. The molecule has 35 heavy (non-hydrogen) atoms. The molecule has 3 aliphatic heterocycles. The average Bonchev–Trinajstić information content (AvgIpc) is 3.33. The summed E-state index contributed by atoms with van der Waals surface area (Å²) in [7, 11) is 1.52. The molecule has 5 rings (SSSR count). The Hall–Kier alpha value is -2.20. The lowest BCUT2D eigenvalue weighted by Gasteiger charge is -2.64. The van der Waals surface area contributed by atoms with Crippen LogP contribution in [-0.4, -0.2) is 71.2 Å². The molecule has 2 N–H and O–H groups in total. The molecule has 1 aliphatic carbocycles. The summed E-state index contributed by atoms with van der Waals surface area (Å²) in [5.74, 6) is -3.34. The number of hydroxylamine groups is 1. The van der Waals surface area contributed by atoms with Gasteiger partial charge in [-0.15, -0.1) is 0 Å². The molecule has 4 unspecified atom stereocenters. The van der Waals surface area contributed by atoms with Gasteiger partial charge in [0.15, 0.2) is 6.10 Å². The fourth-order valence-electron chi connectivity index (χ4n) is 8.15. The monoisotopic (exact) mass is 488 g/mol. The molecule has 3 fully saturated rings. The van der Waals surface area contributed by atoms with Crippen molar-refractivity contribution < 1.29 is 34.1 Å². The molecule has 0 amide bonds. The molecular formula is C26H36N2O7. The summed E-state index contributed by atoms with van der Waals surface area (Å²) in [5, 5.41) is 24.1. The number of carbonyl (C=O) groups is 2. The average molecular weight is 489 g/mol. The second-order valence-corrected chi connectivity index (χ2v) is 10.6. The fraction of sp³-hybridized carbons (Fsp3) is 0.692. The number of carbonyl (C=O) groups excluding carboxylic acids is 2. The number of aryl methyl sites for hydroxylation is 1. The number of anilines is 1. The first-order valence-electron chi connectivity index (χ1n) is 12.5. The number of esters is 2. The number of aliphatic hydroxyl groups excluding tert-OH is 1. The Balaban J connectivity index is 1.86. The molecule has 192 valence electrons. The Labute approximate surface area is 205 Å². The van der Waals surface area contributed by atoms with E-state index < -0.39 is 40.7 Å². The smallest absolute Gasteiger partial charge is 0.305 e. The summed E-state index contributed by atoms with van der Waals surface area (Å²) in [4.78, 5) is 33.3. The molecule has 1 saturated carbocycles. The highest BCUT2D eigenvalue weighted by Crippen LogP contribution is 2.68. The predicted octanol–water partition coefficient (Wildman–Crippen LogP) is 1.94. The maximum Gasteiger partial charge on any atom is 0.305 e. The highest BCUT2D eigenvalue weighted by molar-refractivity contribution is 5.72. The fourth-order valence-corrected chi connectivity index (χ4v) is 8.15. The first-order valence-corrected chi connectivity index (χ1v) is 12.5. The number of ether oxygens (including phenoxy) is 2. The first-order chi connectivity index (χ1) is 16.6. The number of aliphatic hydroxyl groups is 2. The molecule has 0 bridgehead atoms. The van der Waals surface area contributed by atoms with Crippen molar-refractivity contribution in [1.82, 2.24) is 4.90 Å². The number of piperidine rings is 1. The zero-order valence-electron chi connectivity index (χ0n) is 21.2. The Kier molecular flexibility index (Phi) is 5.71. The molecule has 2 saturated heterocycles. The molecular weight excluding hydrogens is 452 g/mol. The van der Waals surface area contributed by atoms with Crippen molar-refractivity contribution in [1.29, 1.82) is 0 Å². The molecule has 1 spiro atoms. The third-order valence-electron chi connectivity index (χ3n) is 9.12. The third kappa shape index (κ3) is 3.01. The SMILES string of the molecule is CCC12CCCN3CCC4(c5cc(C)c(CO)cc5N(OC)C4[C@@](O)(OC(C)=O)[C@@H]1OC(C)=O)C32. The predicted molar refractivity (Wildman–Crippen MR) is 126 cm³/mol. The minimum atomic E-state index is -2.15. The van der Waals surface area contributed by atoms with Gasteiger partial charge in [0.1, 0.15) is 6.04 Å². The summed E-state index contributed by atoms with van der Waals surface area (Å²) in [6.07, 6.45) is 1.92. The summed E-state index contributed by atoms with van der Waals surface area (Å²) in [6, 6.07) is 3.09. The second-order valence-electron chi connectivity index (χ2n) is 10.6. The van der Waals surface area contributed by atoms with E-state index in [1.54, 1.807) is 5.06 Å². The topological polar surface area (TPSA) is 109 Å². The van der Waals surface area contributed by atoms with E-state index in [0.29, 0.717) is 6.42 Å². The molecule has 0 aromatic heterocycles. The van der Waals surface area contributed by atoms with Crippen molar-refractivity contribution in [2.75, 3.05) is 25.3 Å². The van der Waals surface area contributed by atoms with Gasteiger partial charge < -0.3 is 19.7 Å². The number of nitrogens with zero attached hydrogens (tertiary/aromatic N) is 2. The van der Waals surface area contributed by atoms with Gasteiger partial charge in [0.25, 0.3) is 5.79 Å². The zero-order chi connectivity index (χ0) is 25.3. The van der Waals surface area contributed by atoms with Crippen LogP contribution in [0.25, 0.3) is 0 Å². The minimum absolute atomic E-state index is 0.0581. The molecule has 4 aliphatic rings. The van der Waals surface area contributed by atoms with Crippen LogP contribution in [-0.2, 0) is 35.9 Å². The van der Waals surface area contributed by atoms with Crippen LogP contribution in [0.2, 0.25) is 0 Å². The van der Waals surface area contributed by atoms with Crippen LogP contribution >= 0.6 is 0 Å². The van der Waals surface area contributed by atoms with Crippen LogP contribution in [0.3, 0.4) is 0 Å². The third-order valence-corrected chi connectivity index (χ3v) is 9.12. The highest BCUT2D eigenvalue weighted by atomic mass is 16.7. The van der Waals surface area contributed by atoms with Gasteiger partial charge >= 0.3 is 11.9 Å². The molecule has 1 aromatic rings. The van der Waals surface area contributed by atoms with E-state index >= 15 is 0 Å². The van der Waals surface area contributed by atoms with Gasteiger partial charge in [-0.05, 0) is 68.5 Å². The van der Waals surface area contributed by atoms with Crippen LogP contribution in [0, 0.1) is 12.3 Å². The normalized spacial score (nSPS) is 37.5. The van der Waals surface area contributed by atoms with Crippen molar-refractivity contribution in [3.63, 3.8) is 0 Å². The Morgan fingerprint density at radius 1 is 1.14 bits per heavy atom. The van der Waals surface area contributed by atoms with Crippen LogP contribution in [0.4, 0.5) is 5.69 Å². The highest BCUT2D eigenvalue weighted by Gasteiger charge is 2.80. The van der Waals surface area contributed by atoms with E-state index in [0.717, 1.165) is 54.7 Å². The van der Waals surface area contributed by atoms with E-state index in [2.05, 4.69) is 17.9 Å². The van der Waals surface area contributed by atoms with Gasteiger partial charge in [-0.25, -0.2) is 5.06 Å². The number of hydrogen-bond donors (Lipinski definition) is 2. The standard InChI is InChI=1S/C26H36N2O7/c1-6-24-8-7-10-27-11-9-25(21(24)27)19-12-15(2)18(14-29)13-20(19)28(33-5)22(25)26(32,35-17(4)31)23(24)34-16(3)30/h12-13,21-23,29,32H,6-11,14H2,1-5H3/t21?,22?,23-,24?,25?,26-/m1/s1. The van der Waals surface area contributed by atoms with Crippen molar-refractivity contribution in [3.8, 4) is 0 Å². The Bertz CT molecular complexity index is 1060. The quantitative estimate of drug-likeness (QED) is 0.475. The van der Waals surface area contributed by atoms with Crippen LogP contribution in [0.15, 0.2) is 12.1 Å². The van der Waals surface area contributed by atoms with Gasteiger partial charge in [0.05, 0.1) is 19.4 Å². The number of rotatable bonds is 5. The van der Waals surface area contributed by atoms with E-state index in [-0.39, 0.29) is 12.6 Å². The molecule has 9 nitrogen and oxygen atoms in total. The zero-order valence-corrected chi connectivity index (χ0v) is 21.2. The summed E-state index contributed by atoms with van der Waals surface area (Å²) < 4.78 is 11.8. The number of hydrogen-bond acceptors (Lipinski definition) is 9. The Morgan fingerprint density at radius 3 is 2.49 bits per heavy atom. The molecule has 0 radical (unpaired) electrons. The summed E-state index contributed by atoms with van der Waals surface area (Å²) >= 11 is 0. The lowest BCUT2D eigenvalue weighted by Crippen LogP contribution is -2.80. The first kappa shape index (κ1) is 24.5. The van der Waals surface area contributed by atoms with E-state index in [1.165, 1.54) is 21.0 Å². The lowest BCUT2D eigenvalue weighted by molar-refractivity contribution is -0.325. The Morgan fingerprint density at radius 2 is 1.89 bits per heavy atom. The molecule has 3 heterocycles. The molecule has 6 atom stereocenters. The lowest BCUT2D eigenvalue weighted by atomic mass is 9.49. The summed E-state index contributed by atoms with van der Waals surface area (Å²) in [5.41, 5.74) is 2.19. The van der Waals surface area contributed by atoms with Gasteiger partial charge in [-0.2, -0.15) is 0 Å². The largest absolute Gasteiger partial charge is 0.455 e. The van der Waals surface area contributed by atoms with Crippen LogP contribution in [0.1, 0.15) is 63.1 Å². The summed E-state index contributed by atoms with van der Waals surface area (Å²) in [6.45, 7) is 8.20. The number of fused-ring (bicyclic) bond motifs is 1. The minimum Gasteiger partial charge on any atom is -0.455 e. The van der Waals surface area contributed by atoms with E-state index in [4.69, 9.17) is 14.3 Å². The van der Waals surface area contributed by atoms with Crippen LogP contribution in [0.5, 0.6) is 0 Å². The van der Waals surface area contributed by atoms with Crippen LogP contribution < -0.4 is 5.06 Å². The maximum absolute atomic E-state index is 12.5. The van der Waals surface area contributed by atoms with Gasteiger partial charge in [-0.3, -0.25) is 19.3 Å².